The minimum absolute atomic E-state index is 0. The molecule has 0 bridgehead atoms. The lowest BCUT2D eigenvalue weighted by atomic mass is 9.89. The third-order valence-electron chi connectivity index (χ3n) is 5.64. The second kappa shape index (κ2) is 10.3. The summed E-state index contributed by atoms with van der Waals surface area (Å²) in [4.78, 5) is 2.54. The molecule has 4 rings (SSSR count). The Hall–Kier alpha value is -1.85. The summed E-state index contributed by atoms with van der Waals surface area (Å²) >= 11 is 0. The number of aromatic nitrogens is 2. The smallest absolute Gasteiger partial charge is 0.0648 e. The maximum atomic E-state index is 6.08. The zero-order chi connectivity index (χ0) is 18.8. The van der Waals surface area contributed by atoms with E-state index in [9.17, 15) is 0 Å². The van der Waals surface area contributed by atoms with Crippen LogP contribution in [0.5, 0.6) is 0 Å². The van der Waals surface area contributed by atoms with E-state index in [0.29, 0.717) is 11.8 Å². The first-order valence-electron chi connectivity index (χ1n) is 9.74. The van der Waals surface area contributed by atoms with Gasteiger partial charge in [-0.15, -0.1) is 24.8 Å². The van der Waals surface area contributed by atoms with Crippen LogP contribution in [0.4, 0.5) is 0 Å². The Morgan fingerprint density at radius 1 is 0.966 bits per heavy atom. The van der Waals surface area contributed by atoms with E-state index in [0.717, 1.165) is 43.3 Å². The van der Waals surface area contributed by atoms with Crippen LogP contribution in [-0.4, -0.2) is 34.3 Å². The molecule has 0 aliphatic carbocycles. The Kier molecular flexibility index (Phi) is 8.29. The molecule has 1 aliphatic heterocycles. The highest BCUT2D eigenvalue weighted by molar-refractivity contribution is 5.85. The van der Waals surface area contributed by atoms with Gasteiger partial charge in [0.2, 0.25) is 0 Å². The molecule has 1 aliphatic rings. The van der Waals surface area contributed by atoms with Crippen molar-refractivity contribution in [3.63, 3.8) is 0 Å². The summed E-state index contributed by atoms with van der Waals surface area (Å²) in [5.41, 5.74) is 12.2. The Morgan fingerprint density at radius 3 is 2.24 bits per heavy atom. The van der Waals surface area contributed by atoms with Crippen molar-refractivity contribution in [3.8, 4) is 5.69 Å². The first kappa shape index (κ1) is 23.4. The molecule has 2 N–H and O–H groups in total. The second-order valence-electron chi connectivity index (χ2n) is 7.71. The number of halogens is 2. The van der Waals surface area contributed by atoms with Gasteiger partial charge in [0.15, 0.2) is 0 Å². The van der Waals surface area contributed by atoms with Gasteiger partial charge in [0, 0.05) is 31.2 Å². The lowest BCUT2D eigenvalue weighted by Gasteiger charge is -2.17. The summed E-state index contributed by atoms with van der Waals surface area (Å²) in [6.07, 6.45) is 0. The summed E-state index contributed by atoms with van der Waals surface area (Å²) in [7, 11) is 0. The highest BCUT2D eigenvalue weighted by Crippen LogP contribution is 2.32. The molecule has 3 aromatic rings. The number of hydrogen-bond acceptors (Lipinski definition) is 3. The van der Waals surface area contributed by atoms with Gasteiger partial charge in [-0.1, -0.05) is 42.5 Å². The molecule has 2 heterocycles. The van der Waals surface area contributed by atoms with Gasteiger partial charge in [-0.05, 0) is 55.6 Å². The lowest BCUT2D eigenvalue weighted by molar-refractivity contribution is 0.317. The van der Waals surface area contributed by atoms with Crippen molar-refractivity contribution < 1.29 is 0 Å². The number of aryl methyl sites for hydroxylation is 2. The zero-order valence-corrected chi connectivity index (χ0v) is 18.6. The quantitative estimate of drug-likeness (QED) is 0.644. The van der Waals surface area contributed by atoms with Crippen LogP contribution in [0, 0.1) is 19.8 Å². The molecule has 1 saturated heterocycles. The van der Waals surface area contributed by atoms with Crippen LogP contribution in [0.2, 0.25) is 0 Å². The van der Waals surface area contributed by atoms with Gasteiger partial charge in [0.25, 0.3) is 0 Å². The van der Waals surface area contributed by atoms with Gasteiger partial charge in [0.05, 0.1) is 11.4 Å². The zero-order valence-electron chi connectivity index (χ0n) is 17.0. The van der Waals surface area contributed by atoms with Crippen molar-refractivity contribution in [2.24, 2.45) is 11.7 Å². The van der Waals surface area contributed by atoms with Gasteiger partial charge < -0.3 is 5.73 Å². The third kappa shape index (κ3) is 5.20. The highest BCUT2D eigenvalue weighted by Gasteiger charge is 2.32. The van der Waals surface area contributed by atoms with E-state index >= 15 is 0 Å². The van der Waals surface area contributed by atoms with Crippen LogP contribution in [0.1, 0.15) is 28.4 Å². The number of rotatable bonds is 5. The second-order valence-corrected chi connectivity index (χ2v) is 7.71. The molecule has 0 spiro atoms. The Labute approximate surface area is 185 Å². The fraction of sp³-hybridized carbons (Fsp3) is 0.348. The number of nitrogens with two attached hydrogens (primary N) is 1. The van der Waals surface area contributed by atoms with Gasteiger partial charge in [-0.3, -0.25) is 4.90 Å². The van der Waals surface area contributed by atoms with Crippen LogP contribution < -0.4 is 5.73 Å². The molecular weight excluding hydrogens is 403 g/mol. The van der Waals surface area contributed by atoms with Crippen LogP contribution >= 0.6 is 24.8 Å². The van der Waals surface area contributed by atoms with Gasteiger partial charge >= 0.3 is 0 Å². The summed E-state index contributed by atoms with van der Waals surface area (Å²) in [5.74, 6) is 1.06. The van der Waals surface area contributed by atoms with Crippen LogP contribution in [0.3, 0.4) is 0 Å². The van der Waals surface area contributed by atoms with Crippen molar-refractivity contribution in [3.05, 3.63) is 83.2 Å². The average Bonchev–Trinajstić information content (AvgIpc) is 3.25. The summed E-state index contributed by atoms with van der Waals surface area (Å²) in [6.45, 7) is 7.97. The van der Waals surface area contributed by atoms with E-state index in [2.05, 4.69) is 77.6 Å². The molecular formula is C23H30Cl2N4. The van der Waals surface area contributed by atoms with E-state index in [1.165, 1.54) is 11.1 Å². The van der Waals surface area contributed by atoms with Gasteiger partial charge in [0.1, 0.15) is 0 Å². The maximum Gasteiger partial charge on any atom is 0.0648 e. The fourth-order valence-electron chi connectivity index (χ4n) is 4.30. The van der Waals surface area contributed by atoms with E-state index in [1.54, 1.807) is 0 Å². The number of nitrogens with zero attached hydrogens (tertiary/aromatic N) is 3. The fourth-order valence-corrected chi connectivity index (χ4v) is 4.30. The molecule has 6 heteroatoms. The monoisotopic (exact) mass is 432 g/mol. The predicted octanol–water partition coefficient (Wildman–Crippen LogP) is 4.51. The van der Waals surface area contributed by atoms with Crippen molar-refractivity contribution in [2.45, 2.75) is 26.3 Å². The molecule has 0 amide bonds. The molecule has 2 atom stereocenters. The van der Waals surface area contributed by atoms with E-state index < -0.39 is 0 Å². The predicted molar refractivity (Wildman–Crippen MR) is 125 cm³/mol. The molecule has 0 radical (unpaired) electrons. The van der Waals surface area contributed by atoms with Crippen molar-refractivity contribution in [1.29, 1.82) is 0 Å². The number of likely N-dealkylation sites (tertiary alicyclic amines) is 1. The lowest BCUT2D eigenvalue weighted by Crippen LogP contribution is -2.23. The average molecular weight is 433 g/mol. The van der Waals surface area contributed by atoms with E-state index in [-0.39, 0.29) is 24.8 Å². The topological polar surface area (TPSA) is 47.1 Å². The highest BCUT2D eigenvalue weighted by atomic mass is 35.5. The largest absolute Gasteiger partial charge is 0.330 e. The van der Waals surface area contributed by atoms with E-state index in [1.807, 2.05) is 11.6 Å². The Morgan fingerprint density at radius 2 is 1.66 bits per heavy atom. The number of hydrogen-bond donors (Lipinski definition) is 1. The number of benzene rings is 2. The minimum Gasteiger partial charge on any atom is -0.330 e. The minimum atomic E-state index is 0. The molecule has 0 unspecified atom stereocenters. The SMILES string of the molecule is Cc1cc(C)n(-c2ccc(CN3C[C@@H](CN)[C@H](c4ccccc4)C3)cc2)n1.Cl.Cl. The third-order valence-corrected chi connectivity index (χ3v) is 5.64. The van der Waals surface area contributed by atoms with Crippen LogP contribution in [0.15, 0.2) is 60.7 Å². The molecule has 4 nitrogen and oxygen atoms in total. The Balaban J connectivity index is 0.00000150. The van der Waals surface area contributed by atoms with Crippen molar-refractivity contribution in [2.75, 3.05) is 19.6 Å². The first-order valence-corrected chi connectivity index (χ1v) is 9.74. The summed E-state index contributed by atoms with van der Waals surface area (Å²) in [5, 5.41) is 4.57. The first-order chi connectivity index (χ1) is 13.1. The summed E-state index contributed by atoms with van der Waals surface area (Å²) < 4.78 is 2.00. The molecule has 156 valence electrons. The van der Waals surface area contributed by atoms with E-state index in [4.69, 9.17) is 5.73 Å². The van der Waals surface area contributed by atoms with Gasteiger partial charge in [-0.2, -0.15) is 5.10 Å². The van der Waals surface area contributed by atoms with Crippen LogP contribution in [-0.2, 0) is 6.54 Å². The standard InChI is InChI=1S/C23H28N4.2ClH/c1-17-12-18(2)27(25-17)22-10-8-19(9-11-22)14-26-15-21(13-24)23(16-26)20-6-4-3-5-7-20;;/h3-12,21,23H,13-16,24H2,1-2H3;2*1H/t21-,23+;;/m1../s1. The molecule has 2 aromatic carbocycles. The van der Waals surface area contributed by atoms with Crippen LogP contribution in [0.25, 0.3) is 5.69 Å². The van der Waals surface area contributed by atoms with Crippen molar-refractivity contribution >= 4 is 24.8 Å². The molecule has 1 fully saturated rings. The normalized spacial score (nSPS) is 18.9. The molecule has 29 heavy (non-hydrogen) atoms. The summed E-state index contributed by atoms with van der Waals surface area (Å²) in [6, 6.07) is 21.7. The Bertz CT molecular complexity index is 893. The van der Waals surface area contributed by atoms with Gasteiger partial charge in [-0.25, -0.2) is 4.68 Å². The molecule has 1 aromatic heterocycles. The molecule has 0 saturated carbocycles. The van der Waals surface area contributed by atoms with Crippen molar-refractivity contribution in [1.82, 2.24) is 14.7 Å². The maximum absolute atomic E-state index is 6.08.